The molecular formula is C28H40N6O. The van der Waals surface area contributed by atoms with Gasteiger partial charge in [0, 0.05) is 18.2 Å². The summed E-state index contributed by atoms with van der Waals surface area (Å²) in [5.41, 5.74) is 4.15. The first-order valence-electron chi connectivity index (χ1n) is 13.7. The van der Waals surface area contributed by atoms with E-state index in [0.717, 1.165) is 53.5 Å². The standard InChI is InChI=1S/C28H40N6O/c1-4-10-25(27-30-31-32-34(27)24-13-6-5-7-14-24)33(23-11-8-9-12-23)18-22-17-21-16-19(2)15-20(3)26(21)29-28(22)35/h15-17,23-25H,4-14,18H2,1-3H3,(H,29,35)/t25-/m1/s1. The number of nitrogens with zero attached hydrogens (tertiary/aromatic N) is 5. The average molecular weight is 477 g/mol. The molecule has 2 fully saturated rings. The van der Waals surface area contributed by atoms with Crippen molar-refractivity contribution in [2.75, 3.05) is 0 Å². The van der Waals surface area contributed by atoms with E-state index in [9.17, 15) is 4.79 Å². The summed E-state index contributed by atoms with van der Waals surface area (Å²) in [6.45, 7) is 7.05. The molecule has 0 radical (unpaired) electrons. The molecule has 1 aromatic carbocycles. The normalized spacial score (nSPS) is 18.6. The van der Waals surface area contributed by atoms with Gasteiger partial charge in [0.05, 0.1) is 17.6 Å². The van der Waals surface area contributed by atoms with Crippen LogP contribution in [0.4, 0.5) is 0 Å². The average Bonchev–Trinajstić information content (AvgIpc) is 3.55. The monoisotopic (exact) mass is 476 g/mol. The van der Waals surface area contributed by atoms with Gasteiger partial charge in [-0.1, -0.05) is 57.1 Å². The molecule has 0 bridgehead atoms. The largest absolute Gasteiger partial charge is 0.321 e. The molecule has 7 nitrogen and oxygen atoms in total. The molecule has 2 aliphatic carbocycles. The minimum Gasteiger partial charge on any atom is -0.321 e. The minimum absolute atomic E-state index is 0.0228. The Labute approximate surface area is 208 Å². The summed E-state index contributed by atoms with van der Waals surface area (Å²) < 4.78 is 2.14. The van der Waals surface area contributed by atoms with Crippen LogP contribution in [-0.2, 0) is 6.54 Å². The second kappa shape index (κ2) is 10.6. The third-order valence-electron chi connectivity index (χ3n) is 8.22. The Morgan fingerprint density at radius 1 is 1.06 bits per heavy atom. The van der Waals surface area contributed by atoms with E-state index in [1.807, 2.05) is 0 Å². The van der Waals surface area contributed by atoms with E-state index >= 15 is 0 Å². The molecule has 188 valence electrons. The van der Waals surface area contributed by atoms with Crippen LogP contribution < -0.4 is 5.56 Å². The first-order valence-corrected chi connectivity index (χ1v) is 13.7. The van der Waals surface area contributed by atoms with E-state index < -0.39 is 0 Å². The number of pyridine rings is 1. The minimum atomic E-state index is 0.0228. The van der Waals surface area contributed by atoms with E-state index in [1.165, 1.54) is 50.5 Å². The molecule has 3 aromatic rings. The van der Waals surface area contributed by atoms with Crippen molar-refractivity contribution in [3.05, 3.63) is 51.1 Å². The van der Waals surface area contributed by atoms with Crippen molar-refractivity contribution in [1.29, 1.82) is 0 Å². The van der Waals surface area contributed by atoms with Gasteiger partial charge in [-0.05, 0) is 79.5 Å². The molecule has 35 heavy (non-hydrogen) atoms. The number of rotatable bonds is 8. The van der Waals surface area contributed by atoms with Crippen molar-refractivity contribution in [3.63, 3.8) is 0 Å². The van der Waals surface area contributed by atoms with E-state index in [-0.39, 0.29) is 11.6 Å². The third-order valence-corrected chi connectivity index (χ3v) is 8.22. The molecule has 5 rings (SSSR count). The summed E-state index contributed by atoms with van der Waals surface area (Å²) in [6, 6.07) is 7.39. The van der Waals surface area contributed by atoms with Gasteiger partial charge < -0.3 is 4.98 Å². The SMILES string of the molecule is CCC[C@H](c1nnnn1C1CCCCC1)N(Cc1cc2cc(C)cc(C)c2[nH]c1=O)C1CCCC1. The lowest BCUT2D eigenvalue weighted by Gasteiger charge is -2.36. The highest BCUT2D eigenvalue weighted by atomic mass is 16.1. The molecule has 1 atom stereocenters. The maximum atomic E-state index is 13.3. The lowest BCUT2D eigenvalue weighted by atomic mass is 9.95. The first kappa shape index (κ1) is 24.2. The number of H-pyrrole nitrogens is 1. The predicted octanol–water partition coefficient (Wildman–Crippen LogP) is 5.92. The summed E-state index contributed by atoms with van der Waals surface area (Å²) in [7, 11) is 0. The van der Waals surface area contributed by atoms with Crippen LogP contribution >= 0.6 is 0 Å². The Kier molecular flexibility index (Phi) is 7.32. The second-order valence-electron chi connectivity index (χ2n) is 10.9. The van der Waals surface area contributed by atoms with Gasteiger partial charge in [-0.2, -0.15) is 0 Å². The zero-order valence-electron chi connectivity index (χ0n) is 21.6. The molecule has 2 heterocycles. The van der Waals surface area contributed by atoms with Gasteiger partial charge in [0.1, 0.15) is 0 Å². The van der Waals surface area contributed by atoms with Gasteiger partial charge in [-0.15, -0.1) is 5.10 Å². The number of hydrogen-bond acceptors (Lipinski definition) is 5. The molecule has 0 unspecified atom stereocenters. The Balaban J connectivity index is 1.53. The highest BCUT2D eigenvalue weighted by molar-refractivity contribution is 5.82. The summed E-state index contributed by atoms with van der Waals surface area (Å²) in [5, 5.41) is 14.4. The zero-order chi connectivity index (χ0) is 24.4. The summed E-state index contributed by atoms with van der Waals surface area (Å²) >= 11 is 0. The van der Waals surface area contributed by atoms with Crippen molar-refractivity contribution in [1.82, 2.24) is 30.1 Å². The van der Waals surface area contributed by atoms with Gasteiger partial charge >= 0.3 is 0 Å². The zero-order valence-corrected chi connectivity index (χ0v) is 21.6. The van der Waals surface area contributed by atoms with Crippen LogP contribution in [0.2, 0.25) is 0 Å². The number of aromatic amines is 1. The Morgan fingerprint density at radius 3 is 2.54 bits per heavy atom. The van der Waals surface area contributed by atoms with Crippen LogP contribution in [0, 0.1) is 13.8 Å². The van der Waals surface area contributed by atoms with Gasteiger partial charge in [-0.25, -0.2) is 4.68 Å². The molecule has 1 N–H and O–H groups in total. The molecule has 0 saturated heterocycles. The third kappa shape index (κ3) is 5.06. The summed E-state index contributed by atoms with van der Waals surface area (Å²) in [6.07, 6.45) is 13.0. The Morgan fingerprint density at radius 2 is 1.80 bits per heavy atom. The van der Waals surface area contributed by atoms with Gasteiger partial charge in [-0.3, -0.25) is 9.69 Å². The maximum Gasteiger partial charge on any atom is 0.252 e. The Bertz CT molecular complexity index is 1200. The van der Waals surface area contributed by atoms with E-state index in [0.29, 0.717) is 18.6 Å². The second-order valence-corrected chi connectivity index (χ2v) is 10.9. The molecule has 2 aromatic heterocycles. The van der Waals surface area contributed by atoms with Crippen LogP contribution in [0.25, 0.3) is 10.9 Å². The molecular weight excluding hydrogens is 436 g/mol. The molecule has 0 amide bonds. The van der Waals surface area contributed by atoms with Gasteiger partial charge in [0.25, 0.3) is 5.56 Å². The molecule has 0 spiro atoms. The molecule has 7 heteroatoms. The van der Waals surface area contributed by atoms with Crippen LogP contribution in [0.3, 0.4) is 0 Å². The van der Waals surface area contributed by atoms with Gasteiger partial charge in [0.15, 0.2) is 5.82 Å². The van der Waals surface area contributed by atoms with Crippen molar-refractivity contribution in [2.45, 2.75) is 116 Å². The van der Waals surface area contributed by atoms with E-state index in [2.05, 4.69) is 69.1 Å². The Hall–Kier alpha value is -2.54. The lowest BCUT2D eigenvalue weighted by molar-refractivity contribution is 0.105. The number of hydrogen-bond donors (Lipinski definition) is 1. The fourth-order valence-corrected chi connectivity index (χ4v) is 6.50. The molecule has 0 aliphatic heterocycles. The summed E-state index contributed by atoms with van der Waals surface area (Å²) in [5.74, 6) is 0.995. The first-order chi connectivity index (χ1) is 17.0. The molecule has 2 saturated carbocycles. The van der Waals surface area contributed by atoms with Crippen molar-refractivity contribution < 1.29 is 0 Å². The number of fused-ring (bicyclic) bond motifs is 1. The van der Waals surface area contributed by atoms with Gasteiger partial charge in [0.2, 0.25) is 0 Å². The number of nitrogens with one attached hydrogen (secondary N) is 1. The number of tetrazole rings is 1. The number of benzene rings is 1. The quantitative estimate of drug-likeness (QED) is 0.436. The smallest absolute Gasteiger partial charge is 0.252 e. The maximum absolute atomic E-state index is 13.3. The number of aryl methyl sites for hydroxylation is 2. The highest BCUT2D eigenvalue weighted by Gasteiger charge is 2.34. The van der Waals surface area contributed by atoms with Crippen LogP contribution in [-0.4, -0.2) is 36.1 Å². The lowest BCUT2D eigenvalue weighted by Crippen LogP contribution is -2.39. The van der Waals surface area contributed by atoms with Crippen LogP contribution in [0.5, 0.6) is 0 Å². The highest BCUT2D eigenvalue weighted by Crippen LogP contribution is 2.37. The molecule has 2 aliphatic rings. The van der Waals surface area contributed by atoms with Crippen molar-refractivity contribution in [3.8, 4) is 0 Å². The van der Waals surface area contributed by atoms with Crippen LogP contribution in [0.1, 0.15) is 112 Å². The van der Waals surface area contributed by atoms with Crippen molar-refractivity contribution >= 4 is 10.9 Å². The topological polar surface area (TPSA) is 79.7 Å². The van der Waals surface area contributed by atoms with Crippen LogP contribution in [0.15, 0.2) is 23.0 Å². The number of aromatic nitrogens is 5. The fourth-order valence-electron chi connectivity index (χ4n) is 6.50. The fraction of sp³-hybridized carbons (Fsp3) is 0.643. The summed E-state index contributed by atoms with van der Waals surface area (Å²) in [4.78, 5) is 19.0. The predicted molar refractivity (Wildman–Crippen MR) is 139 cm³/mol. The van der Waals surface area contributed by atoms with E-state index in [4.69, 9.17) is 0 Å². The van der Waals surface area contributed by atoms with Crippen molar-refractivity contribution in [2.24, 2.45) is 0 Å². The van der Waals surface area contributed by atoms with E-state index in [1.54, 1.807) is 0 Å².